The Morgan fingerprint density at radius 2 is 1.92 bits per heavy atom. The fraction of sp³-hybridized carbons (Fsp3) is 0.368. The zero-order chi connectivity index (χ0) is 18.1. The van der Waals surface area contributed by atoms with Crippen molar-refractivity contribution in [3.8, 4) is 0 Å². The largest absolute Gasteiger partial charge is 0.244 e. The van der Waals surface area contributed by atoms with E-state index in [1.807, 2.05) is 36.4 Å². The number of aromatic nitrogens is 3. The number of benzene rings is 2. The molecule has 0 N–H and O–H groups in total. The first kappa shape index (κ1) is 17.2. The van der Waals surface area contributed by atoms with Crippen molar-refractivity contribution in [3.05, 3.63) is 59.7 Å². The van der Waals surface area contributed by atoms with Crippen molar-refractivity contribution in [1.29, 1.82) is 0 Å². The highest BCUT2D eigenvalue weighted by Crippen LogP contribution is 2.34. The van der Waals surface area contributed by atoms with Crippen molar-refractivity contribution in [1.82, 2.24) is 19.3 Å². The Morgan fingerprint density at radius 1 is 1.15 bits per heavy atom. The number of aryl methyl sites for hydroxylation is 2. The molecular formula is C19H22N4O2S. The van der Waals surface area contributed by atoms with Gasteiger partial charge in [0.05, 0.1) is 17.8 Å². The van der Waals surface area contributed by atoms with E-state index in [0.29, 0.717) is 6.54 Å². The molecule has 26 heavy (non-hydrogen) atoms. The van der Waals surface area contributed by atoms with Gasteiger partial charge in [-0.3, -0.25) is 0 Å². The average Bonchev–Trinajstić information content (AvgIpc) is 3.09. The summed E-state index contributed by atoms with van der Waals surface area (Å²) in [7, 11) is -1.71. The van der Waals surface area contributed by atoms with E-state index < -0.39 is 10.0 Å². The van der Waals surface area contributed by atoms with Gasteiger partial charge in [-0.05, 0) is 42.5 Å². The number of para-hydroxylation sites is 1. The molecule has 0 amide bonds. The van der Waals surface area contributed by atoms with Crippen molar-refractivity contribution in [2.24, 2.45) is 0 Å². The predicted molar refractivity (Wildman–Crippen MR) is 101 cm³/mol. The molecule has 0 saturated heterocycles. The van der Waals surface area contributed by atoms with Gasteiger partial charge in [0.25, 0.3) is 0 Å². The van der Waals surface area contributed by atoms with Crippen LogP contribution in [0.4, 0.5) is 0 Å². The smallest absolute Gasteiger partial charge is 0.216 e. The molecule has 1 aliphatic rings. The summed E-state index contributed by atoms with van der Waals surface area (Å²) in [6, 6.07) is 15.7. The van der Waals surface area contributed by atoms with E-state index in [1.54, 1.807) is 16.0 Å². The van der Waals surface area contributed by atoms with Crippen LogP contribution < -0.4 is 0 Å². The molecule has 0 spiro atoms. The zero-order valence-electron chi connectivity index (χ0n) is 14.7. The maximum absolute atomic E-state index is 12.9. The Hall–Kier alpha value is -2.25. The second-order valence-electron chi connectivity index (χ2n) is 6.74. The molecule has 3 aromatic rings. The molecule has 0 aliphatic heterocycles. The lowest BCUT2D eigenvalue weighted by atomic mass is 9.88. The van der Waals surface area contributed by atoms with Gasteiger partial charge in [-0.25, -0.2) is 13.1 Å². The van der Waals surface area contributed by atoms with Gasteiger partial charge >= 0.3 is 0 Å². The van der Waals surface area contributed by atoms with Crippen LogP contribution in [0.2, 0.25) is 0 Å². The molecular weight excluding hydrogens is 348 g/mol. The number of fused-ring (bicyclic) bond motifs is 2. The van der Waals surface area contributed by atoms with Crippen LogP contribution in [0.1, 0.15) is 30.0 Å². The molecule has 1 aromatic heterocycles. The van der Waals surface area contributed by atoms with Gasteiger partial charge in [0.2, 0.25) is 10.0 Å². The van der Waals surface area contributed by atoms with Crippen LogP contribution in [-0.4, -0.2) is 40.5 Å². The first-order chi connectivity index (χ1) is 12.6. The van der Waals surface area contributed by atoms with E-state index in [1.165, 1.54) is 5.56 Å². The van der Waals surface area contributed by atoms with E-state index in [2.05, 4.69) is 22.4 Å². The minimum Gasteiger partial charge on any atom is -0.244 e. The normalized spacial score (nSPS) is 17.5. The van der Waals surface area contributed by atoms with Crippen molar-refractivity contribution < 1.29 is 8.42 Å². The molecule has 1 heterocycles. The SMILES string of the molecule is CN(C1CCCc2ccccc21)S(=O)(=O)CCn1nnc2ccccc21. The second kappa shape index (κ2) is 6.81. The van der Waals surface area contributed by atoms with Crippen molar-refractivity contribution in [2.75, 3.05) is 12.8 Å². The number of hydrogen-bond donors (Lipinski definition) is 0. The molecule has 6 nitrogen and oxygen atoms in total. The maximum Gasteiger partial charge on any atom is 0.216 e. The van der Waals surface area contributed by atoms with E-state index in [4.69, 9.17) is 0 Å². The highest BCUT2D eigenvalue weighted by Gasteiger charge is 2.30. The monoisotopic (exact) mass is 370 g/mol. The summed E-state index contributed by atoms with van der Waals surface area (Å²) in [5.41, 5.74) is 4.02. The quantitative estimate of drug-likeness (QED) is 0.693. The lowest BCUT2D eigenvalue weighted by molar-refractivity contribution is 0.336. The topological polar surface area (TPSA) is 68.1 Å². The summed E-state index contributed by atoms with van der Waals surface area (Å²) >= 11 is 0. The van der Waals surface area contributed by atoms with Gasteiger partial charge in [0.15, 0.2) is 0 Å². The number of nitrogens with zero attached hydrogens (tertiary/aromatic N) is 4. The Bertz CT molecular complexity index is 1030. The minimum atomic E-state index is -3.40. The van der Waals surface area contributed by atoms with Crippen LogP contribution in [0.25, 0.3) is 11.0 Å². The van der Waals surface area contributed by atoms with Crippen LogP contribution in [0, 0.1) is 0 Å². The molecule has 136 valence electrons. The maximum atomic E-state index is 12.9. The third kappa shape index (κ3) is 3.12. The summed E-state index contributed by atoms with van der Waals surface area (Å²) in [6.45, 7) is 0.293. The number of sulfonamides is 1. The molecule has 0 bridgehead atoms. The second-order valence-corrected chi connectivity index (χ2v) is 8.89. The fourth-order valence-electron chi connectivity index (χ4n) is 3.73. The van der Waals surface area contributed by atoms with Crippen LogP contribution in [0.15, 0.2) is 48.5 Å². The zero-order valence-corrected chi connectivity index (χ0v) is 15.6. The molecule has 0 radical (unpaired) electrons. The summed E-state index contributed by atoms with van der Waals surface area (Å²) < 4.78 is 29.1. The van der Waals surface area contributed by atoms with Gasteiger partial charge in [-0.15, -0.1) is 5.10 Å². The Labute approximate surface area is 153 Å². The van der Waals surface area contributed by atoms with Crippen LogP contribution in [-0.2, 0) is 23.0 Å². The van der Waals surface area contributed by atoms with E-state index in [9.17, 15) is 8.42 Å². The van der Waals surface area contributed by atoms with Crippen molar-refractivity contribution in [3.63, 3.8) is 0 Å². The highest BCUT2D eigenvalue weighted by atomic mass is 32.2. The predicted octanol–water partition coefficient (Wildman–Crippen LogP) is 2.77. The number of hydrogen-bond acceptors (Lipinski definition) is 4. The van der Waals surface area contributed by atoms with Gasteiger partial charge in [0, 0.05) is 13.1 Å². The lowest BCUT2D eigenvalue weighted by Gasteiger charge is -2.32. The van der Waals surface area contributed by atoms with Gasteiger partial charge in [-0.2, -0.15) is 4.31 Å². The first-order valence-electron chi connectivity index (χ1n) is 8.88. The Morgan fingerprint density at radius 3 is 2.81 bits per heavy atom. The Kier molecular flexibility index (Phi) is 4.50. The summed E-state index contributed by atoms with van der Waals surface area (Å²) in [4.78, 5) is 0. The summed E-state index contributed by atoms with van der Waals surface area (Å²) in [6.07, 6.45) is 2.89. The third-order valence-electron chi connectivity index (χ3n) is 5.20. The van der Waals surface area contributed by atoms with Crippen molar-refractivity contribution in [2.45, 2.75) is 31.8 Å². The minimum absolute atomic E-state index is 0.00945. The summed E-state index contributed by atoms with van der Waals surface area (Å²) in [5, 5.41) is 8.18. The van der Waals surface area contributed by atoms with Crippen LogP contribution >= 0.6 is 0 Å². The standard InChI is InChI=1S/C19H22N4O2S/c1-22(18-12-6-8-15-7-2-3-9-16(15)18)26(24,25)14-13-23-19-11-5-4-10-17(19)20-21-23/h2-5,7,9-11,18H,6,8,12-14H2,1H3. The molecule has 1 unspecified atom stereocenters. The van der Waals surface area contributed by atoms with Gasteiger partial charge in [-0.1, -0.05) is 41.6 Å². The van der Waals surface area contributed by atoms with E-state index in [0.717, 1.165) is 35.9 Å². The average molecular weight is 370 g/mol. The molecule has 1 aliphatic carbocycles. The van der Waals surface area contributed by atoms with E-state index >= 15 is 0 Å². The fourth-order valence-corrected chi connectivity index (χ4v) is 5.03. The Balaban J connectivity index is 1.53. The summed E-state index contributed by atoms with van der Waals surface area (Å²) in [5.74, 6) is 0.00945. The number of rotatable bonds is 5. The molecule has 0 saturated carbocycles. The highest BCUT2D eigenvalue weighted by molar-refractivity contribution is 7.89. The third-order valence-corrected chi connectivity index (χ3v) is 7.03. The molecule has 4 rings (SSSR count). The molecule has 2 aromatic carbocycles. The van der Waals surface area contributed by atoms with Crippen LogP contribution in [0.3, 0.4) is 0 Å². The molecule has 0 fully saturated rings. The van der Waals surface area contributed by atoms with Crippen LogP contribution in [0.5, 0.6) is 0 Å². The molecule has 7 heteroatoms. The van der Waals surface area contributed by atoms with Crippen molar-refractivity contribution >= 4 is 21.1 Å². The van der Waals surface area contributed by atoms with E-state index in [-0.39, 0.29) is 11.8 Å². The first-order valence-corrected chi connectivity index (χ1v) is 10.5. The molecule has 1 atom stereocenters. The van der Waals surface area contributed by atoms with Gasteiger partial charge in [0.1, 0.15) is 5.52 Å². The lowest BCUT2D eigenvalue weighted by Crippen LogP contribution is -2.36. The van der Waals surface area contributed by atoms with Gasteiger partial charge < -0.3 is 0 Å².